The monoisotopic (exact) mass is 501 g/mol. The first kappa shape index (κ1) is 24.9. The SMILES string of the molecule is CC[C@@H]1CN2CC[C@@]34OCCO[C@@]3(Nc3cc(C(N)=O)cc(OC)c34)[C@@H]2C[C@@H]1/C(=C\OC)C(=O)OC. The van der Waals surface area contributed by atoms with E-state index in [-0.39, 0.29) is 23.8 Å². The number of fused-ring (bicyclic) bond motifs is 2. The van der Waals surface area contributed by atoms with Crippen LogP contribution in [0.4, 0.5) is 5.69 Å². The van der Waals surface area contributed by atoms with E-state index in [2.05, 4.69) is 17.1 Å². The van der Waals surface area contributed by atoms with Crippen LogP contribution < -0.4 is 15.8 Å². The van der Waals surface area contributed by atoms with Gasteiger partial charge in [-0.1, -0.05) is 13.3 Å². The van der Waals surface area contributed by atoms with Gasteiger partial charge in [0.05, 0.1) is 58.0 Å². The van der Waals surface area contributed by atoms with Crippen LogP contribution in [0, 0.1) is 11.8 Å². The molecular weight excluding hydrogens is 466 g/mol. The number of nitrogens with two attached hydrogens (primary N) is 1. The minimum absolute atomic E-state index is 0.0899. The summed E-state index contributed by atoms with van der Waals surface area (Å²) in [5, 5.41) is 3.64. The van der Waals surface area contributed by atoms with Gasteiger partial charge in [0.15, 0.2) is 5.72 Å². The standard InChI is InChI=1S/C26H35N3O7/c1-5-15-13-29-7-6-25-22-19(10-16(23(27)30)11-20(22)33-3)28-26(25,36-9-8-35-25)21(29)12-17(15)18(14-32-2)24(31)34-4/h10-11,14-15,17,21,28H,5-9,12-13H2,1-4H3,(H2,27,30)/b18-14+/t15-,17+,21+,25+,26+/m1/s1. The second-order valence-electron chi connectivity index (χ2n) is 9.92. The molecule has 0 saturated carbocycles. The molecule has 0 unspecified atom stereocenters. The first-order valence-corrected chi connectivity index (χ1v) is 12.5. The maximum atomic E-state index is 12.8. The number of rotatable bonds is 6. The highest BCUT2D eigenvalue weighted by atomic mass is 16.6. The Kier molecular flexibility index (Phi) is 6.38. The van der Waals surface area contributed by atoms with E-state index in [1.807, 2.05) is 0 Å². The number of nitrogens with zero attached hydrogens (tertiary/aromatic N) is 1. The Balaban J connectivity index is 1.63. The highest BCUT2D eigenvalue weighted by Gasteiger charge is 2.70. The van der Waals surface area contributed by atoms with Crippen LogP contribution in [0.5, 0.6) is 5.75 Å². The fourth-order valence-electron chi connectivity index (χ4n) is 6.94. The van der Waals surface area contributed by atoms with Gasteiger partial charge < -0.3 is 34.7 Å². The lowest BCUT2D eigenvalue weighted by Gasteiger charge is -2.61. The number of hydrogen-bond donors (Lipinski definition) is 2. The van der Waals surface area contributed by atoms with Crippen molar-refractivity contribution in [1.29, 1.82) is 0 Å². The highest BCUT2D eigenvalue weighted by molar-refractivity contribution is 5.95. The molecule has 0 spiro atoms. The molecule has 3 fully saturated rings. The number of primary amides is 1. The third-order valence-corrected chi connectivity index (χ3v) is 8.46. The number of amides is 1. The van der Waals surface area contributed by atoms with Crippen molar-refractivity contribution >= 4 is 17.6 Å². The number of benzene rings is 1. The molecule has 4 aliphatic rings. The van der Waals surface area contributed by atoms with Gasteiger partial charge in [0, 0.05) is 24.3 Å². The van der Waals surface area contributed by atoms with Crippen LogP contribution in [0.3, 0.4) is 0 Å². The summed E-state index contributed by atoms with van der Waals surface area (Å²) in [5.41, 5.74) is 6.33. The zero-order chi connectivity index (χ0) is 25.7. The van der Waals surface area contributed by atoms with E-state index in [1.165, 1.54) is 13.4 Å². The predicted octanol–water partition coefficient (Wildman–Crippen LogP) is 1.98. The van der Waals surface area contributed by atoms with E-state index in [0.29, 0.717) is 42.9 Å². The summed E-state index contributed by atoms with van der Waals surface area (Å²) in [5.74, 6) is -0.222. The normalized spacial score (nSPS) is 33.3. The molecule has 4 aliphatic heterocycles. The number of piperidine rings is 2. The number of methoxy groups -OCH3 is 3. The molecule has 1 amide bonds. The van der Waals surface area contributed by atoms with Gasteiger partial charge in [-0.05, 0) is 36.8 Å². The third kappa shape index (κ3) is 3.42. The summed E-state index contributed by atoms with van der Waals surface area (Å²) < 4.78 is 29.5. The largest absolute Gasteiger partial charge is 0.504 e. The van der Waals surface area contributed by atoms with Crippen LogP contribution in [-0.2, 0) is 29.3 Å². The smallest absolute Gasteiger partial charge is 0.337 e. The zero-order valence-electron chi connectivity index (χ0n) is 21.3. The van der Waals surface area contributed by atoms with Crippen LogP contribution in [0.2, 0.25) is 0 Å². The molecule has 196 valence electrons. The van der Waals surface area contributed by atoms with E-state index >= 15 is 0 Å². The van der Waals surface area contributed by atoms with Gasteiger partial charge in [-0.25, -0.2) is 4.79 Å². The molecule has 36 heavy (non-hydrogen) atoms. The zero-order valence-corrected chi connectivity index (χ0v) is 21.3. The molecular formula is C26H35N3O7. The quantitative estimate of drug-likeness (QED) is 0.342. The van der Waals surface area contributed by atoms with Crippen LogP contribution in [0.1, 0.15) is 42.1 Å². The van der Waals surface area contributed by atoms with Crippen molar-refractivity contribution in [2.75, 3.05) is 52.9 Å². The minimum atomic E-state index is -0.930. The van der Waals surface area contributed by atoms with E-state index in [9.17, 15) is 9.59 Å². The molecule has 10 nitrogen and oxygen atoms in total. The van der Waals surface area contributed by atoms with Crippen molar-refractivity contribution in [3.63, 3.8) is 0 Å². The number of ether oxygens (including phenoxy) is 5. The topological polar surface area (TPSA) is 122 Å². The van der Waals surface area contributed by atoms with Crippen molar-refractivity contribution in [3.05, 3.63) is 35.1 Å². The lowest BCUT2D eigenvalue weighted by molar-refractivity contribution is -0.297. The predicted molar refractivity (Wildman–Crippen MR) is 130 cm³/mol. The molecule has 0 aliphatic carbocycles. The average molecular weight is 502 g/mol. The average Bonchev–Trinajstić information content (AvgIpc) is 3.21. The Morgan fingerprint density at radius 1 is 1.25 bits per heavy atom. The number of hydrogen-bond acceptors (Lipinski definition) is 9. The number of carbonyl (C=O) groups is 2. The van der Waals surface area contributed by atoms with Gasteiger partial charge >= 0.3 is 5.97 Å². The molecule has 0 radical (unpaired) electrons. The van der Waals surface area contributed by atoms with E-state index in [1.54, 1.807) is 26.4 Å². The van der Waals surface area contributed by atoms with Crippen molar-refractivity contribution in [3.8, 4) is 5.75 Å². The summed E-state index contributed by atoms with van der Waals surface area (Å²) in [6.07, 6.45) is 3.75. The van der Waals surface area contributed by atoms with Gasteiger partial charge in [-0.2, -0.15) is 0 Å². The summed E-state index contributed by atoms with van der Waals surface area (Å²) in [6, 6.07) is 3.30. The number of nitrogens with one attached hydrogen (secondary N) is 1. The van der Waals surface area contributed by atoms with Gasteiger partial charge in [-0.15, -0.1) is 0 Å². The molecule has 4 heterocycles. The summed E-state index contributed by atoms with van der Waals surface area (Å²) in [4.78, 5) is 27.3. The molecule has 0 bridgehead atoms. The Bertz CT molecular complexity index is 1090. The molecule has 0 aromatic heterocycles. The van der Waals surface area contributed by atoms with E-state index in [0.717, 1.165) is 30.8 Å². The molecule has 3 N–H and O–H groups in total. The maximum Gasteiger partial charge on any atom is 0.337 e. The Hall–Kier alpha value is -2.82. The van der Waals surface area contributed by atoms with Crippen molar-refractivity contribution < 1.29 is 33.3 Å². The molecule has 3 saturated heterocycles. The van der Waals surface area contributed by atoms with Crippen molar-refractivity contribution in [2.24, 2.45) is 17.6 Å². The van der Waals surface area contributed by atoms with Crippen LogP contribution in [0.15, 0.2) is 24.0 Å². The van der Waals surface area contributed by atoms with Gasteiger partial charge in [0.2, 0.25) is 5.91 Å². The molecule has 10 heteroatoms. The molecule has 1 aromatic rings. The first-order chi connectivity index (χ1) is 17.4. The Labute approximate surface area is 211 Å². The maximum absolute atomic E-state index is 12.8. The van der Waals surface area contributed by atoms with Crippen LogP contribution in [0.25, 0.3) is 0 Å². The fraction of sp³-hybridized carbons (Fsp3) is 0.615. The second kappa shape index (κ2) is 9.24. The van der Waals surface area contributed by atoms with Crippen LogP contribution >= 0.6 is 0 Å². The van der Waals surface area contributed by atoms with Crippen molar-refractivity contribution in [2.45, 2.75) is 43.6 Å². The minimum Gasteiger partial charge on any atom is -0.504 e. The second-order valence-corrected chi connectivity index (χ2v) is 9.92. The number of carbonyl (C=O) groups excluding carboxylic acids is 2. The first-order valence-electron chi connectivity index (χ1n) is 12.5. The van der Waals surface area contributed by atoms with Crippen molar-refractivity contribution in [1.82, 2.24) is 4.90 Å². The lowest BCUT2D eigenvalue weighted by atomic mass is 9.67. The van der Waals surface area contributed by atoms with Crippen LogP contribution in [-0.4, -0.2) is 76.2 Å². The van der Waals surface area contributed by atoms with Gasteiger partial charge in [-0.3, -0.25) is 9.69 Å². The Morgan fingerprint density at radius 3 is 2.69 bits per heavy atom. The molecule has 1 aromatic carbocycles. The third-order valence-electron chi connectivity index (χ3n) is 8.46. The Morgan fingerprint density at radius 2 is 2.03 bits per heavy atom. The number of anilines is 1. The van der Waals surface area contributed by atoms with Gasteiger partial charge in [0.1, 0.15) is 11.4 Å². The number of esters is 1. The summed E-state index contributed by atoms with van der Waals surface area (Å²) in [6.45, 7) is 4.59. The van der Waals surface area contributed by atoms with E-state index in [4.69, 9.17) is 29.4 Å². The highest BCUT2D eigenvalue weighted by Crippen LogP contribution is 2.61. The lowest BCUT2D eigenvalue weighted by Crippen LogP contribution is -2.75. The molecule has 5 rings (SSSR count). The fourth-order valence-corrected chi connectivity index (χ4v) is 6.94. The summed E-state index contributed by atoms with van der Waals surface area (Å²) in [7, 11) is 4.51. The summed E-state index contributed by atoms with van der Waals surface area (Å²) >= 11 is 0. The van der Waals surface area contributed by atoms with Gasteiger partial charge in [0.25, 0.3) is 0 Å². The molecule has 5 atom stereocenters. The van der Waals surface area contributed by atoms with E-state index < -0.39 is 17.2 Å².